The summed E-state index contributed by atoms with van der Waals surface area (Å²) in [6.45, 7) is 0.236. The zero-order valence-electron chi connectivity index (χ0n) is 19.2. The first-order valence-electron chi connectivity index (χ1n) is 11.4. The molecule has 0 spiro atoms. The number of imidazole rings is 1. The van der Waals surface area contributed by atoms with Crippen LogP contribution in [0.1, 0.15) is 53.3 Å². The average Bonchev–Trinajstić information content (AvgIpc) is 3.54. The molecule has 0 saturated heterocycles. The number of fused-ring (bicyclic) bond motifs is 1. The Bertz CT molecular complexity index is 1450. The monoisotopic (exact) mass is 476 g/mol. The number of hydrogen-bond acceptors (Lipinski definition) is 6. The van der Waals surface area contributed by atoms with Gasteiger partial charge in [-0.05, 0) is 36.6 Å². The van der Waals surface area contributed by atoms with E-state index < -0.39 is 11.7 Å². The lowest BCUT2D eigenvalue weighted by Gasteiger charge is -2.10. The topological polar surface area (TPSA) is 127 Å². The van der Waals surface area contributed by atoms with Crippen LogP contribution in [0, 0.1) is 5.82 Å². The minimum atomic E-state index is -0.517. The van der Waals surface area contributed by atoms with E-state index in [1.165, 1.54) is 19.2 Å². The molecule has 9 nitrogen and oxygen atoms in total. The molecule has 2 heterocycles. The molecule has 2 aromatic carbocycles. The summed E-state index contributed by atoms with van der Waals surface area (Å²) in [5.41, 5.74) is 8.63. The Morgan fingerprint density at radius 2 is 1.97 bits per heavy atom. The lowest BCUT2D eigenvalue weighted by Crippen LogP contribution is -2.23. The number of nitrogen functional groups attached to an aromatic ring is 1. The number of nitrogens with one attached hydrogen (secondary N) is 2. The number of halogens is 1. The maximum atomic E-state index is 13.6. The maximum Gasteiger partial charge on any atom is 0.348 e. The SMILES string of the molecule is COc1ccc(F)cc1C(=O)NCc1ccc(-c2nc(C3CCCC3)n3c(=O)[nH]nc(N)c23)cc1. The quantitative estimate of drug-likeness (QED) is 0.391. The van der Waals surface area contributed by atoms with Crippen molar-refractivity contribution in [2.45, 2.75) is 38.1 Å². The van der Waals surface area contributed by atoms with Crippen LogP contribution in [0.15, 0.2) is 47.3 Å². The van der Waals surface area contributed by atoms with Gasteiger partial charge in [0.25, 0.3) is 5.91 Å². The molecule has 0 radical (unpaired) electrons. The van der Waals surface area contributed by atoms with Crippen molar-refractivity contribution < 1.29 is 13.9 Å². The Labute approximate surface area is 200 Å². The molecular weight excluding hydrogens is 451 g/mol. The van der Waals surface area contributed by atoms with E-state index >= 15 is 0 Å². The van der Waals surface area contributed by atoms with Gasteiger partial charge in [0.2, 0.25) is 0 Å². The molecule has 1 aliphatic rings. The third kappa shape index (κ3) is 4.23. The van der Waals surface area contributed by atoms with Crippen molar-refractivity contribution >= 4 is 17.2 Å². The standard InChI is InChI=1S/C25H25FN6O3/c1-35-19-11-10-17(26)12-18(19)24(33)28-13-14-6-8-15(9-7-14)20-21-22(27)30-31-25(34)32(21)23(29-20)16-4-2-3-5-16/h6-12,16H,2-5,13H2,1H3,(H2,27,30)(H,28,33)(H,31,34). The number of carbonyl (C=O) groups is 1. The number of hydrogen-bond donors (Lipinski definition) is 3. The number of anilines is 1. The first-order valence-corrected chi connectivity index (χ1v) is 11.4. The highest BCUT2D eigenvalue weighted by molar-refractivity contribution is 5.97. The van der Waals surface area contributed by atoms with Gasteiger partial charge in [-0.2, -0.15) is 5.10 Å². The Balaban J connectivity index is 1.41. The third-order valence-corrected chi connectivity index (χ3v) is 6.43. The molecule has 0 atom stereocenters. The molecule has 2 aromatic heterocycles. The van der Waals surface area contributed by atoms with E-state index in [0.29, 0.717) is 22.8 Å². The van der Waals surface area contributed by atoms with Gasteiger partial charge in [-0.3, -0.25) is 4.79 Å². The molecule has 0 bridgehead atoms. The summed E-state index contributed by atoms with van der Waals surface area (Å²) in [6, 6.07) is 11.2. The summed E-state index contributed by atoms with van der Waals surface area (Å²) in [6.07, 6.45) is 4.18. The van der Waals surface area contributed by atoms with Crippen molar-refractivity contribution in [3.05, 3.63) is 75.7 Å². The van der Waals surface area contributed by atoms with Crippen LogP contribution in [0.5, 0.6) is 5.75 Å². The van der Waals surface area contributed by atoms with E-state index in [0.717, 1.165) is 42.9 Å². The van der Waals surface area contributed by atoms with Crippen molar-refractivity contribution in [3.63, 3.8) is 0 Å². The zero-order valence-corrected chi connectivity index (χ0v) is 19.2. The van der Waals surface area contributed by atoms with Crippen LogP contribution < -0.4 is 21.5 Å². The number of nitrogens with zero attached hydrogens (tertiary/aromatic N) is 3. The normalized spacial score (nSPS) is 13.9. The van der Waals surface area contributed by atoms with E-state index in [1.807, 2.05) is 24.3 Å². The highest BCUT2D eigenvalue weighted by Crippen LogP contribution is 2.36. The lowest BCUT2D eigenvalue weighted by atomic mass is 10.1. The van der Waals surface area contributed by atoms with Gasteiger partial charge < -0.3 is 15.8 Å². The van der Waals surface area contributed by atoms with Crippen molar-refractivity contribution in [2.24, 2.45) is 0 Å². The van der Waals surface area contributed by atoms with Gasteiger partial charge in [0, 0.05) is 18.0 Å². The van der Waals surface area contributed by atoms with Crippen LogP contribution in [-0.2, 0) is 6.54 Å². The number of aromatic nitrogens is 4. The molecule has 35 heavy (non-hydrogen) atoms. The molecule has 10 heteroatoms. The summed E-state index contributed by atoms with van der Waals surface area (Å²) < 4.78 is 20.3. The summed E-state index contributed by atoms with van der Waals surface area (Å²) in [5.74, 6) is 0.459. The van der Waals surface area contributed by atoms with E-state index in [-0.39, 0.29) is 29.5 Å². The number of nitrogens with two attached hydrogens (primary N) is 1. The summed E-state index contributed by atoms with van der Waals surface area (Å²) in [7, 11) is 1.43. The molecular formula is C25H25FN6O3. The highest BCUT2D eigenvalue weighted by Gasteiger charge is 2.26. The second-order valence-corrected chi connectivity index (χ2v) is 8.62. The molecule has 1 saturated carbocycles. The molecule has 4 aromatic rings. The zero-order chi connectivity index (χ0) is 24.5. The van der Waals surface area contributed by atoms with Gasteiger partial charge in [0.05, 0.1) is 12.7 Å². The van der Waals surface area contributed by atoms with Gasteiger partial charge in [-0.25, -0.2) is 23.7 Å². The van der Waals surface area contributed by atoms with Crippen molar-refractivity contribution in [1.82, 2.24) is 24.9 Å². The van der Waals surface area contributed by atoms with E-state index in [2.05, 4.69) is 15.5 Å². The van der Waals surface area contributed by atoms with Crippen LogP contribution in [0.25, 0.3) is 16.8 Å². The molecule has 0 unspecified atom stereocenters. The van der Waals surface area contributed by atoms with E-state index in [4.69, 9.17) is 15.5 Å². The largest absolute Gasteiger partial charge is 0.496 e. The van der Waals surface area contributed by atoms with Gasteiger partial charge in [-0.1, -0.05) is 37.1 Å². The van der Waals surface area contributed by atoms with Crippen LogP contribution in [0.3, 0.4) is 0 Å². The molecule has 4 N–H and O–H groups in total. The number of ether oxygens (including phenoxy) is 1. The van der Waals surface area contributed by atoms with Crippen LogP contribution >= 0.6 is 0 Å². The number of H-pyrrole nitrogens is 1. The highest BCUT2D eigenvalue weighted by atomic mass is 19.1. The Hall–Kier alpha value is -4.21. The van der Waals surface area contributed by atoms with Gasteiger partial charge >= 0.3 is 5.69 Å². The number of methoxy groups -OCH3 is 1. The maximum absolute atomic E-state index is 13.6. The number of carbonyl (C=O) groups excluding carboxylic acids is 1. The van der Waals surface area contributed by atoms with Gasteiger partial charge in [-0.15, -0.1) is 0 Å². The van der Waals surface area contributed by atoms with Crippen LogP contribution in [0.4, 0.5) is 10.2 Å². The molecule has 180 valence electrons. The molecule has 1 aliphatic carbocycles. The van der Waals surface area contributed by atoms with Crippen molar-refractivity contribution in [3.8, 4) is 17.0 Å². The summed E-state index contributed by atoms with van der Waals surface area (Å²) in [4.78, 5) is 30.0. The molecule has 5 rings (SSSR count). The Morgan fingerprint density at radius 3 is 2.69 bits per heavy atom. The third-order valence-electron chi connectivity index (χ3n) is 6.43. The van der Waals surface area contributed by atoms with Gasteiger partial charge in [0.1, 0.15) is 28.6 Å². The van der Waals surface area contributed by atoms with Gasteiger partial charge in [0.15, 0.2) is 5.82 Å². The van der Waals surface area contributed by atoms with E-state index in [9.17, 15) is 14.0 Å². The van der Waals surface area contributed by atoms with E-state index in [1.54, 1.807) is 4.40 Å². The number of aromatic amines is 1. The molecule has 1 fully saturated rings. The Morgan fingerprint density at radius 1 is 1.23 bits per heavy atom. The second-order valence-electron chi connectivity index (χ2n) is 8.62. The first-order chi connectivity index (χ1) is 17.0. The van der Waals surface area contributed by atoms with Crippen LogP contribution in [-0.4, -0.2) is 32.6 Å². The predicted molar refractivity (Wildman–Crippen MR) is 129 cm³/mol. The number of rotatable bonds is 6. The number of amides is 1. The fourth-order valence-electron chi connectivity index (χ4n) is 4.67. The van der Waals surface area contributed by atoms with Crippen molar-refractivity contribution in [2.75, 3.05) is 12.8 Å². The number of benzene rings is 2. The first kappa shape index (κ1) is 22.6. The average molecular weight is 477 g/mol. The minimum Gasteiger partial charge on any atom is -0.496 e. The summed E-state index contributed by atoms with van der Waals surface area (Å²) in [5, 5.41) is 9.18. The predicted octanol–water partition coefficient (Wildman–Crippen LogP) is 3.40. The minimum absolute atomic E-state index is 0.126. The summed E-state index contributed by atoms with van der Waals surface area (Å²) >= 11 is 0. The Kier molecular flexibility index (Phi) is 5.94. The van der Waals surface area contributed by atoms with Crippen molar-refractivity contribution in [1.29, 1.82) is 0 Å². The lowest BCUT2D eigenvalue weighted by molar-refractivity contribution is 0.0947. The smallest absolute Gasteiger partial charge is 0.348 e. The van der Waals surface area contributed by atoms with Crippen LogP contribution in [0.2, 0.25) is 0 Å². The second kappa shape index (κ2) is 9.21. The fraction of sp³-hybridized carbons (Fsp3) is 0.280. The fourth-order valence-corrected chi connectivity index (χ4v) is 4.67. The molecule has 0 aliphatic heterocycles. The molecule has 1 amide bonds.